The predicted octanol–water partition coefficient (Wildman–Crippen LogP) is 11.5. The Morgan fingerprint density at radius 3 is 1.35 bits per heavy atom. The second kappa shape index (κ2) is 26.1. The molecule has 1 unspecified atom stereocenters. The number of unbranched alkanes of at least 4 members (excludes halogenated alkanes) is 18. The minimum Gasteiger partial charge on any atom is -0.455 e. The second-order valence-corrected chi connectivity index (χ2v) is 11.0. The lowest BCUT2D eigenvalue weighted by Crippen LogP contribution is -2.03. The smallest absolute Gasteiger partial charge is 0.334 e. The van der Waals surface area contributed by atoms with Gasteiger partial charge in [-0.15, -0.1) is 0 Å². The largest absolute Gasteiger partial charge is 0.455 e. The van der Waals surface area contributed by atoms with Gasteiger partial charge < -0.3 is 4.74 Å². The molecule has 0 N–H and O–H groups in total. The molecule has 0 aromatic heterocycles. The third-order valence-corrected chi connectivity index (χ3v) is 7.28. The van der Waals surface area contributed by atoms with E-state index in [1.54, 1.807) is 0 Å². The molecule has 2 heteroatoms. The Labute approximate surface area is 231 Å². The number of rotatable bonds is 26. The summed E-state index contributed by atoms with van der Waals surface area (Å²) < 4.78 is 5.14. The van der Waals surface area contributed by atoms with E-state index in [2.05, 4.69) is 43.4 Å². The second-order valence-electron chi connectivity index (χ2n) is 11.0. The van der Waals surface area contributed by atoms with Gasteiger partial charge in [-0.05, 0) is 77.2 Å². The first-order valence-electron chi connectivity index (χ1n) is 16.1. The fourth-order valence-electron chi connectivity index (χ4n) is 4.94. The van der Waals surface area contributed by atoms with Crippen molar-refractivity contribution in [2.75, 3.05) is 0 Å². The Kier molecular flexibility index (Phi) is 23.6. The van der Waals surface area contributed by atoms with Gasteiger partial charge in [0.15, 0.2) is 0 Å². The van der Waals surface area contributed by atoms with Crippen LogP contribution in [0.3, 0.4) is 0 Å². The van der Waals surface area contributed by atoms with Gasteiger partial charge in [-0.1, -0.05) is 127 Å². The molecule has 212 valence electrons. The molecule has 0 spiro atoms. The van der Waals surface area contributed by atoms with Crippen LogP contribution in [0.1, 0.15) is 162 Å². The summed E-state index contributed by atoms with van der Waals surface area (Å²) in [7, 11) is 0. The van der Waals surface area contributed by atoms with E-state index in [0.717, 1.165) is 18.4 Å². The molecule has 1 heterocycles. The van der Waals surface area contributed by atoms with Gasteiger partial charge in [0.2, 0.25) is 0 Å². The van der Waals surface area contributed by atoms with Crippen LogP contribution in [-0.4, -0.2) is 12.1 Å². The lowest BCUT2D eigenvalue weighted by Gasteiger charge is -2.01. The third-order valence-electron chi connectivity index (χ3n) is 7.28. The standard InChI is InChI=1S/C35H60O2/c1-3-4-5-6-7-8-9-10-11-12-13-14-15-16-17-18-19-20-21-22-23-24-25-26-27-28-29-30-31-34-32-33(2)37-35(34)36/h14-15,18-19,22-23,32-33H,3-13,16-17,20-21,24-31H2,1-2H3/b15-14-,19-18-,23-22-. The van der Waals surface area contributed by atoms with Crippen LogP contribution in [0.25, 0.3) is 0 Å². The zero-order chi connectivity index (χ0) is 26.7. The number of allylic oxidation sites excluding steroid dienone is 6. The minimum absolute atomic E-state index is 0.0252. The van der Waals surface area contributed by atoms with E-state index in [1.807, 2.05) is 13.0 Å². The van der Waals surface area contributed by atoms with E-state index in [9.17, 15) is 4.79 Å². The van der Waals surface area contributed by atoms with E-state index in [0.29, 0.717) is 0 Å². The van der Waals surface area contributed by atoms with Crippen molar-refractivity contribution in [1.82, 2.24) is 0 Å². The summed E-state index contributed by atoms with van der Waals surface area (Å²) in [6, 6.07) is 0. The fourth-order valence-corrected chi connectivity index (χ4v) is 4.94. The predicted molar refractivity (Wildman–Crippen MR) is 163 cm³/mol. The van der Waals surface area contributed by atoms with Crippen molar-refractivity contribution in [3.8, 4) is 0 Å². The number of cyclic esters (lactones) is 1. The van der Waals surface area contributed by atoms with Crippen LogP contribution in [0.5, 0.6) is 0 Å². The highest BCUT2D eigenvalue weighted by Crippen LogP contribution is 2.20. The summed E-state index contributed by atoms with van der Waals surface area (Å²) in [6.45, 7) is 4.22. The highest BCUT2D eigenvalue weighted by Gasteiger charge is 2.21. The first kappa shape index (κ1) is 33.5. The van der Waals surface area contributed by atoms with Crippen LogP contribution < -0.4 is 0 Å². The van der Waals surface area contributed by atoms with E-state index >= 15 is 0 Å². The summed E-state index contributed by atoms with van der Waals surface area (Å²) in [5.41, 5.74) is 0.888. The van der Waals surface area contributed by atoms with Crippen molar-refractivity contribution < 1.29 is 9.53 Å². The van der Waals surface area contributed by atoms with Gasteiger partial charge in [0.05, 0.1) is 0 Å². The van der Waals surface area contributed by atoms with Gasteiger partial charge in [0, 0.05) is 5.57 Å². The van der Waals surface area contributed by atoms with Crippen molar-refractivity contribution in [2.24, 2.45) is 0 Å². The Hall–Kier alpha value is -1.57. The van der Waals surface area contributed by atoms with Crippen LogP contribution >= 0.6 is 0 Å². The number of hydrogen-bond acceptors (Lipinski definition) is 2. The highest BCUT2D eigenvalue weighted by atomic mass is 16.5. The summed E-state index contributed by atoms with van der Waals surface area (Å²) in [6.07, 6.45) is 46.0. The van der Waals surface area contributed by atoms with E-state index in [1.165, 1.54) is 135 Å². The Balaban J connectivity index is 1.76. The molecule has 1 aliphatic rings. The van der Waals surface area contributed by atoms with Crippen molar-refractivity contribution in [3.63, 3.8) is 0 Å². The van der Waals surface area contributed by atoms with Crippen LogP contribution in [0.4, 0.5) is 0 Å². The van der Waals surface area contributed by atoms with Gasteiger partial charge in [-0.3, -0.25) is 0 Å². The summed E-state index contributed by atoms with van der Waals surface area (Å²) in [5.74, 6) is -0.100. The topological polar surface area (TPSA) is 26.3 Å². The molecule has 0 aliphatic carbocycles. The molecule has 0 saturated carbocycles. The Morgan fingerprint density at radius 1 is 0.568 bits per heavy atom. The Bertz CT molecular complexity index is 640. The van der Waals surface area contributed by atoms with Crippen molar-refractivity contribution >= 4 is 5.97 Å². The van der Waals surface area contributed by atoms with Crippen LogP contribution in [0.15, 0.2) is 48.1 Å². The number of carbonyl (C=O) groups excluding carboxylic acids is 1. The number of ether oxygens (including phenoxy) is 1. The summed E-state index contributed by atoms with van der Waals surface area (Å²) in [4.78, 5) is 11.6. The van der Waals surface area contributed by atoms with Crippen LogP contribution in [-0.2, 0) is 9.53 Å². The lowest BCUT2D eigenvalue weighted by molar-refractivity contribution is -0.139. The molecular weight excluding hydrogens is 452 g/mol. The van der Waals surface area contributed by atoms with Crippen molar-refractivity contribution in [2.45, 2.75) is 168 Å². The monoisotopic (exact) mass is 512 g/mol. The lowest BCUT2D eigenvalue weighted by atomic mass is 10.0. The first-order chi connectivity index (χ1) is 18.2. The van der Waals surface area contributed by atoms with Gasteiger partial charge in [-0.2, -0.15) is 0 Å². The van der Waals surface area contributed by atoms with Gasteiger partial charge in [0.1, 0.15) is 6.10 Å². The molecule has 1 atom stereocenters. The maximum atomic E-state index is 11.6. The number of hydrogen-bond donors (Lipinski definition) is 0. The SMILES string of the molecule is CCCCCCCCCCCC/C=C\CC/C=C\CC/C=C\CCCCCCCCC1=CC(C)OC1=O. The number of carbonyl (C=O) groups is 1. The molecule has 0 aromatic rings. The maximum absolute atomic E-state index is 11.6. The summed E-state index contributed by atoms with van der Waals surface area (Å²) in [5, 5.41) is 0. The fraction of sp³-hybridized carbons (Fsp3) is 0.743. The average molecular weight is 513 g/mol. The van der Waals surface area contributed by atoms with E-state index < -0.39 is 0 Å². The maximum Gasteiger partial charge on any atom is 0.334 e. The molecule has 37 heavy (non-hydrogen) atoms. The van der Waals surface area contributed by atoms with Gasteiger partial charge in [0.25, 0.3) is 0 Å². The quantitative estimate of drug-likeness (QED) is 0.0654. The molecular formula is C35H60O2. The first-order valence-corrected chi connectivity index (χ1v) is 16.1. The van der Waals surface area contributed by atoms with Gasteiger partial charge >= 0.3 is 5.97 Å². The average Bonchev–Trinajstić information content (AvgIpc) is 3.22. The van der Waals surface area contributed by atoms with E-state index in [4.69, 9.17) is 4.74 Å². The summed E-state index contributed by atoms with van der Waals surface area (Å²) >= 11 is 0. The molecule has 2 nitrogen and oxygen atoms in total. The minimum atomic E-state index is -0.100. The van der Waals surface area contributed by atoms with Crippen LogP contribution in [0.2, 0.25) is 0 Å². The van der Waals surface area contributed by atoms with E-state index in [-0.39, 0.29) is 12.1 Å². The molecule has 0 saturated heterocycles. The highest BCUT2D eigenvalue weighted by molar-refractivity contribution is 5.90. The van der Waals surface area contributed by atoms with Gasteiger partial charge in [-0.25, -0.2) is 4.79 Å². The molecule has 0 radical (unpaired) electrons. The molecule has 1 aliphatic heterocycles. The third kappa shape index (κ3) is 22.2. The molecule has 1 rings (SSSR count). The van der Waals surface area contributed by atoms with Crippen LogP contribution in [0, 0.1) is 0 Å². The zero-order valence-electron chi connectivity index (χ0n) is 24.7. The van der Waals surface area contributed by atoms with Crippen molar-refractivity contribution in [3.05, 3.63) is 48.1 Å². The molecule has 0 fully saturated rings. The van der Waals surface area contributed by atoms with Crippen molar-refractivity contribution in [1.29, 1.82) is 0 Å². The normalized spacial score (nSPS) is 16.0. The number of esters is 1. The molecule has 0 aromatic carbocycles. The Morgan fingerprint density at radius 2 is 0.946 bits per heavy atom. The molecule has 0 bridgehead atoms. The molecule has 0 amide bonds. The zero-order valence-corrected chi connectivity index (χ0v) is 24.7.